The van der Waals surface area contributed by atoms with Gasteiger partial charge >= 0.3 is 0 Å². The molecule has 1 aliphatic heterocycles. The van der Waals surface area contributed by atoms with E-state index in [9.17, 15) is 34.8 Å². The molecule has 3 aliphatic rings. The molecule has 2 aliphatic carbocycles. The van der Waals surface area contributed by atoms with Crippen LogP contribution in [0.4, 0.5) is 0 Å². The Morgan fingerprint density at radius 2 is 1.85 bits per heavy atom. The number of hydrogen-bond acceptors (Lipinski definition) is 10. The lowest BCUT2D eigenvalue weighted by Crippen LogP contribution is -2.64. The first kappa shape index (κ1) is 27.0. The molecule has 0 saturated carbocycles. The zero-order chi connectivity index (χ0) is 29.3. The van der Waals surface area contributed by atoms with Gasteiger partial charge in [-0.25, -0.2) is 0 Å². The monoisotopic (exact) mass is 548 g/mol. The summed E-state index contributed by atoms with van der Waals surface area (Å²) in [4.78, 5) is 40.8. The van der Waals surface area contributed by atoms with Gasteiger partial charge in [0.25, 0.3) is 5.91 Å². The number of aromatic hydroxyl groups is 1. The maximum atomic E-state index is 13.9. The third kappa shape index (κ3) is 3.55. The van der Waals surface area contributed by atoms with E-state index in [2.05, 4.69) is 6.58 Å². The molecule has 2 aromatic carbocycles. The molecule has 1 amide bonds. The molecule has 11 heteroatoms. The van der Waals surface area contributed by atoms with Crippen LogP contribution in [0.5, 0.6) is 17.2 Å². The molecule has 5 rings (SSSR count). The number of ether oxygens (including phenoxy) is 2. The Labute approximate surface area is 229 Å². The van der Waals surface area contributed by atoms with E-state index in [-0.39, 0.29) is 17.7 Å². The Hall–Kier alpha value is -4.61. The van der Waals surface area contributed by atoms with E-state index < -0.39 is 69.6 Å². The number of hydrogen-bond donors (Lipinski definition) is 5. The second-order valence-electron chi connectivity index (χ2n) is 10.2. The van der Waals surface area contributed by atoms with Gasteiger partial charge in [0.15, 0.2) is 5.60 Å². The smallest absolute Gasteiger partial charge is 0.255 e. The number of amides is 1. The van der Waals surface area contributed by atoms with Crippen molar-refractivity contribution in [2.75, 3.05) is 21.2 Å². The number of carbonyl (C=O) groups excluding carboxylic acids is 3. The minimum atomic E-state index is -2.76. The number of Topliss-reactive ketones (excluding diaryl/α,β-unsaturated/α-hetero) is 2. The van der Waals surface area contributed by atoms with Crippen LogP contribution in [0.1, 0.15) is 22.3 Å². The number of likely N-dealkylation sites (N-methyl/N-ethyl adjacent to an activating group) is 1. The Morgan fingerprint density at radius 1 is 1.18 bits per heavy atom. The Bertz CT molecular complexity index is 1570. The van der Waals surface area contributed by atoms with E-state index in [4.69, 9.17) is 15.2 Å². The predicted molar refractivity (Wildman–Crippen MR) is 143 cm³/mol. The van der Waals surface area contributed by atoms with E-state index in [1.54, 1.807) is 44.4 Å². The Balaban J connectivity index is 1.73. The SMILES string of the molecule is C=Cc1cc(OC)ccc1-c1ccc(O)c2c1OC1CC3C(N(C)C)C(O)=C(C(N)=O)C(=O)C3(O)C(O)=C1C2=O. The second kappa shape index (κ2) is 9.25. The summed E-state index contributed by atoms with van der Waals surface area (Å²) in [5.74, 6) is -6.22. The van der Waals surface area contributed by atoms with E-state index in [0.29, 0.717) is 22.4 Å². The molecule has 40 heavy (non-hydrogen) atoms. The number of nitrogens with two attached hydrogens (primary N) is 1. The number of phenols is 1. The highest BCUT2D eigenvalue weighted by molar-refractivity contribution is 6.25. The highest BCUT2D eigenvalue weighted by Gasteiger charge is 2.64. The molecule has 0 spiro atoms. The molecule has 1 heterocycles. The molecule has 0 fully saturated rings. The zero-order valence-corrected chi connectivity index (χ0v) is 22.0. The minimum Gasteiger partial charge on any atom is -0.510 e. The van der Waals surface area contributed by atoms with Gasteiger partial charge < -0.3 is 35.6 Å². The number of rotatable bonds is 5. The number of ketones is 2. The molecule has 11 nitrogen and oxygen atoms in total. The minimum absolute atomic E-state index is 0.0337. The van der Waals surface area contributed by atoms with Gasteiger partial charge in [-0.2, -0.15) is 0 Å². The van der Waals surface area contributed by atoms with Gasteiger partial charge in [0.05, 0.1) is 18.7 Å². The largest absolute Gasteiger partial charge is 0.510 e. The third-order valence-electron chi connectivity index (χ3n) is 7.87. The zero-order valence-electron chi connectivity index (χ0n) is 22.0. The number of aliphatic hydroxyl groups is 3. The van der Waals surface area contributed by atoms with Crippen LogP contribution in [-0.2, 0) is 9.59 Å². The molecule has 2 aromatic rings. The van der Waals surface area contributed by atoms with Gasteiger partial charge in [0.1, 0.15) is 46.0 Å². The summed E-state index contributed by atoms with van der Waals surface area (Å²) in [5.41, 5.74) is 2.74. The number of benzene rings is 2. The quantitative estimate of drug-likeness (QED) is 0.347. The average Bonchev–Trinajstić information content (AvgIpc) is 2.90. The predicted octanol–water partition coefficient (Wildman–Crippen LogP) is 2.03. The highest BCUT2D eigenvalue weighted by atomic mass is 16.5. The van der Waals surface area contributed by atoms with Crippen LogP contribution in [0.25, 0.3) is 17.2 Å². The fourth-order valence-corrected chi connectivity index (χ4v) is 6.02. The molecular weight excluding hydrogens is 520 g/mol. The Kier molecular flexibility index (Phi) is 6.24. The van der Waals surface area contributed by atoms with Crippen LogP contribution in [0, 0.1) is 5.92 Å². The summed E-state index contributed by atoms with van der Waals surface area (Å²) in [6, 6.07) is 6.94. The first-order chi connectivity index (χ1) is 18.9. The summed E-state index contributed by atoms with van der Waals surface area (Å²) < 4.78 is 11.6. The molecule has 0 aromatic heterocycles. The fourth-order valence-electron chi connectivity index (χ4n) is 6.02. The molecular formula is C29H28N2O9. The molecule has 4 atom stereocenters. The van der Waals surface area contributed by atoms with Crippen molar-refractivity contribution in [2.24, 2.45) is 11.7 Å². The average molecular weight is 549 g/mol. The fraction of sp³-hybridized carbons (Fsp3) is 0.276. The maximum Gasteiger partial charge on any atom is 0.255 e. The number of fused-ring (bicyclic) bond motifs is 3. The van der Waals surface area contributed by atoms with E-state index in [1.807, 2.05) is 0 Å². The van der Waals surface area contributed by atoms with Crippen molar-refractivity contribution >= 4 is 23.5 Å². The van der Waals surface area contributed by atoms with E-state index in [1.165, 1.54) is 18.1 Å². The van der Waals surface area contributed by atoms with Gasteiger partial charge in [0, 0.05) is 11.5 Å². The van der Waals surface area contributed by atoms with Crippen LogP contribution in [0.15, 0.2) is 59.6 Å². The summed E-state index contributed by atoms with van der Waals surface area (Å²) in [7, 11) is 4.61. The van der Waals surface area contributed by atoms with Crippen LogP contribution in [-0.4, -0.2) is 81.8 Å². The van der Waals surface area contributed by atoms with Crippen molar-refractivity contribution in [3.63, 3.8) is 0 Å². The van der Waals surface area contributed by atoms with E-state index >= 15 is 0 Å². The number of methoxy groups -OCH3 is 1. The molecule has 208 valence electrons. The lowest BCUT2D eigenvalue weighted by Gasteiger charge is -2.49. The van der Waals surface area contributed by atoms with Crippen molar-refractivity contribution in [3.05, 3.63) is 70.7 Å². The standard InChI is InChI=1S/C29H28N2O9/c1-5-12-10-13(39-4)6-7-14(12)15-8-9-17(32)19-23(33)20-18(40-25(15)19)11-16-22(31(2)3)24(34)21(28(30)37)27(36)29(16,38)26(20)35/h5-10,16,18,22,32,34-35,38H,1,11H2,2-4H3,(H2,30,37). The lowest BCUT2D eigenvalue weighted by molar-refractivity contribution is -0.149. The van der Waals surface area contributed by atoms with Gasteiger partial charge in [-0.1, -0.05) is 12.7 Å². The number of nitrogens with zero attached hydrogens (tertiary/aromatic N) is 1. The summed E-state index contributed by atoms with van der Waals surface area (Å²) in [5, 5.41) is 44.6. The molecule has 0 bridgehead atoms. The lowest BCUT2D eigenvalue weighted by atomic mass is 9.62. The second-order valence-corrected chi connectivity index (χ2v) is 10.2. The van der Waals surface area contributed by atoms with E-state index in [0.717, 1.165) is 0 Å². The molecule has 4 unspecified atom stereocenters. The van der Waals surface area contributed by atoms with Crippen molar-refractivity contribution in [1.82, 2.24) is 4.90 Å². The van der Waals surface area contributed by atoms with Crippen LogP contribution >= 0.6 is 0 Å². The molecule has 0 radical (unpaired) electrons. The van der Waals surface area contributed by atoms with Crippen molar-refractivity contribution in [3.8, 4) is 28.4 Å². The highest BCUT2D eigenvalue weighted by Crippen LogP contribution is 2.52. The normalized spacial score (nSPS) is 25.7. The number of aliphatic hydroxyl groups excluding tert-OH is 2. The summed E-state index contributed by atoms with van der Waals surface area (Å²) in [6.07, 6.45) is 0.215. The number of primary amides is 1. The maximum absolute atomic E-state index is 13.9. The first-order valence-corrected chi connectivity index (χ1v) is 12.4. The van der Waals surface area contributed by atoms with Gasteiger partial charge in [-0.15, -0.1) is 0 Å². The molecule has 6 N–H and O–H groups in total. The van der Waals surface area contributed by atoms with Crippen LogP contribution < -0.4 is 15.2 Å². The first-order valence-electron chi connectivity index (χ1n) is 12.4. The van der Waals surface area contributed by atoms with Crippen molar-refractivity contribution in [2.45, 2.75) is 24.2 Å². The third-order valence-corrected chi connectivity index (χ3v) is 7.87. The van der Waals surface area contributed by atoms with Gasteiger partial charge in [-0.3, -0.25) is 19.3 Å². The van der Waals surface area contributed by atoms with Gasteiger partial charge in [0.2, 0.25) is 11.6 Å². The van der Waals surface area contributed by atoms with Gasteiger partial charge in [-0.05, 0) is 62.0 Å². The number of carbonyl (C=O) groups is 3. The summed E-state index contributed by atoms with van der Waals surface area (Å²) >= 11 is 0. The van der Waals surface area contributed by atoms with Crippen molar-refractivity contribution < 1.29 is 44.3 Å². The van der Waals surface area contributed by atoms with Crippen LogP contribution in [0.3, 0.4) is 0 Å². The Morgan fingerprint density at radius 3 is 2.45 bits per heavy atom. The summed E-state index contributed by atoms with van der Waals surface area (Å²) in [6.45, 7) is 3.84. The number of phenolic OH excluding ortho intramolecular Hbond substituents is 1. The molecule has 0 saturated heterocycles. The van der Waals surface area contributed by atoms with Crippen molar-refractivity contribution in [1.29, 1.82) is 0 Å². The van der Waals surface area contributed by atoms with Crippen LogP contribution in [0.2, 0.25) is 0 Å². The topological polar surface area (TPSA) is 180 Å².